The molecule has 28 heavy (non-hydrogen) atoms. The van der Waals surface area contributed by atoms with Gasteiger partial charge in [0.25, 0.3) is 0 Å². The molecule has 1 N–H and O–H groups in total. The predicted octanol–water partition coefficient (Wildman–Crippen LogP) is 5.63. The number of fused-ring (bicyclic) bond motifs is 1. The van der Waals surface area contributed by atoms with Crippen molar-refractivity contribution in [3.8, 4) is 5.75 Å². The van der Waals surface area contributed by atoms with Crippen molar-refractivity contribution in [3.63, 3.8) is 0 Å². The highest BCUT2D eigenvalue weighted by Gasteiger charge is 2.30. The average Bonchev–Trinajstić information content (AvgIpc) is 2.66. The third kappa shape index (κ3) is 5.36. The van der Waals surface area contributed by atoms with E-state index in [1.54, 1.807) is 0 Å². The van der Waals surface area contributed by atoms with Crippen LogP contribution < -0.4 is 10.1 Å². The first kappa shape index (κ1) is 19.5. The van der Waals surface area contributed by atoms with Gasteiger partial charge in [-0.05, 0) is 53.1 Å². The van der Waals surface area contributed by atoms with Crippen LogP contribution in [0.5, 0.6) is 5.75 Å². The Labute approximate surface area is 160 Å². The van der Waals surface area contributed by atoms with Crippen molar-refractivity contribution in [2.45, 2.75) is 19.3 Å². The molecule has 0 fully saturated rings. The first-order valence-corrected chi connectivity index (χ1v) is 8.63. The second-order valence-electron chi connectivity index (χ2n) is 6.29. The van der Waals surface area contributed by atoms with Crippen LogP contribution in [0.25, 0.3) is 16.8 Å². The number of hydrogen-bond donors (Lipinski definition) is 1. The van der Waals surface area contributed by atoms with Gasteiger partial charge in [-0.25, -0.2) is 0 Å². The molecule has 0 saturated carbocycles. The van der Waals surface area contributed by atoms with E-state index in [2.05, 4.69) is 10.1 Å². The van der Waals surface area contributed by atoms with Gasteiger partial charge in [0.15, 0.2) is 0 Å². The Hall–Kier alpha value is -3.28. The van der Waals surface area contributed by atoms with E-state index >= 15 is 0 Å². The number of halogens is 3. The zero-order valence-electron chi connectivity index (χ0n) is 15.0. The number of hydrogen-bond acceptors (Lipinski definition) is 2. The van der Waals surface area contributed by atoms with E-state index in [1.807, 2.05) is 49.4 Å². The Morgan fingerprint density at radius 1 is 1.00 bits per heavy atom. The molecule has 3 nitrogen and oxygen atoms in total. The Balaban J connectivity index is 1.60. The molecule has 0 aliphatic rings. The molecule has 3 aromatic carbocycles. The third-order valence-electron chi connectivity index (χ3n) is 4.17. The lowest BCUT2D eigenvalue weighted by Crippen LogP contribution is -2.24. The Kier molecular flexibility index (Phi) is 5.68. The molecule has 0 bridgehead atoms. The summed E-state index contributed by atoms with van der Waals surface area (Å²) in [5, 5.41) is 5.10. The topological polar surface area (TPSA) is 38.3 Å². The van der Waals surface area contributed by atoms with Gasteiger partial charge >= 0.3 is 6.36 Å². The van der Waals surface area contributed by atoms with Gasteiger partial charge in [0.2, 0.25) is 5.91 Å². The zero-order valence-corrected chi connectivity index (χ0v) is 15.0. The molecule has 0 aliphatic carbocycles. The first-order chi connectivity index (χ1) is 13.3. The lowest BCUT2D eigenvalue weighted by Gasteiger charge is -2.14. The Morgan fingerprint density at radius 2 is 1.68 bits per heavy atom. The molecule has 144 valence electrons. The minimum Gasteiger partial charge on any atom is -0.406 e. The van der Waals surface area contributed by atoms with Gasteiger partial charge in [0, 0.05) is 6.08 Å². The summed E-state index contributed by atoms with van der Waals surface area (Å²) in [6.45, 7) is 1.89. The number of benzene rings is 3. The monoisotopic (exact) mass is 385 g/mol. The number of carbonyl (C=O) groups excluding carboxylic acids is 1. The van der Waals surface area contributed by atoms with Gasteiger partial charge in [-0.3, -0.25) is 4.79 Å². The van der Waals surface area contributed by atoms with Crippen LogP contribution in [-0.4, -0.2) is 12.3 Å². The van der Waals surface area contributed by atoms with Crippen LogP contribution in [0.3, 0.4) is 0 Å². The molecule has 0 aromatic heterocycles. The van der Waals surface area contributed by atoms with Gasteiger partial charge in [-0.2, -0.15) is 0 Å². The van der Waals surface area contributed by atoms with E-state index in [-0.39, 0.29) is 17.7 Å². The molecule has 0 radical (unpaired) electrons. The van der Waals surface area contributed by atoms with Gasteiger partial charge in [0.1, 0.15) is 5.75 Å². The predicted molar refractivity (Wildman–Crippen MR) is 103 cm³/mol. The third-order valence-corrected chi connectivity index (χ3v) is 4.17. The molecule has 1 atom stereocenters. The highest BCUT2D eigenvalue weighted by Crippen LogP contribution is 2.23. The lowest BCUT2D eigenvalue weighted by molar-refractivity contribution is -0.274. The summed E-state index contributed by atoms with van der Waals surface area (Å²) in [5.41, 5.74) is 1.57. The van der Waals surface area contributed by atoms with E-state index in [4.69, 9.17) is 0 Å². The SMILES string of the molecule is C[C@H](NC(=O)C=Cc1ccc(OC(F)(F)F)cc1)c1ccc2ccccc2c1. The van der Waals surface area contributed by atoms with Crippen molar-refractivity contribution in [1.29, 1.82) is 0 Å². The number of amides is 1. The summed E-state index contributed by atoms with van der Waals surface area (Å²) >= 11 is 0. The maximum Gasteiger partial charge on any atom is 0.573 e. The van der Waals surface area contributed by atoms with Crippen molar-refractivity contribution in [2.24, 2.45) is 0 Å². The van der Waals surface area contributed by atoms with Crippen LogP contribution in [0.2, 0.25) is 0 Å². The summed E-state index contributed by atoms with van der Waals surface area (Å²) in [4.78, 5) is 12.1. The smallest absolute Gasteiger partial charge is 0.406 e. The minimum atomic E-state index is -4.73. The number of rotatable bonds is 5. The molecule has 1 amide bonds. The van der Waals surface area contributed by atoms with Crippen LogP contribution in [0.15, 0.2) is 72.8 Å². The van der Waals surface area contributed by atoms with Crippen LogP contribution >= 0.6 is 0 Å². The van der Waals surface area contributed by atoms with E-state index in [0.29, 0.717) is 5.56 Å². The molecule has 0 spiro atoms. The average molecular weight is 385 g/mol. The fourth-order valence-corrected chi connectivity index (χ4v) is 2.77. The summed E-state index contributed by atoms with van der Waals surface area (Å²) in [5.74, 6) is -0.602. The second-order valence-corrected chi connectivity index (χ2v) is 6.29. The fourth-order valence-electron chi connectivity index (χ4n) is 2.77. The maximum absolute atomic E-state index is 12.2. The minimum absolute atomic E-state index is 0.190. The molecule has 3 aromatic rings. The summed E-state index contributed by atoms with van der Waals surface area (Å²) in [6.07, 6.45) is -1.85. The second kappa shape index (κ2) is 8.17. The fraction of sp³-hybridized carbons (Fsp3) is 0.136. The Bertz CT molecular complexity index is 995. The Morgan fingerprint density at radius 3 is 2.36 bits per heavy atom. The van der Waals surface area contributed by atoms with Crippen molar-refractivity contribution < 1.29 is 22.7 Å². The normalized spacial score (nSPS) is 12.9. The molecule has 0 unspecified atom stereocenters. The van der Waals surface area contributed by atoms with Gasteiger partial charge < -0.3 is 10.1 Å². The number of alkyl halides is 3. The largest absolute Gasteiger partial charge is 0.573 e. The highest BCUT2D eigenvalue weighted by molar-refractivity contribution is 5.92. The molecule has 0 saturated heterocycles. The quantitative estimate of drug-likeness (QED) is 0.578. The van der Waals surface area contributed by atoms with Crippen LogP contribution in [0.1, 0.15) is 24.1 Å². The van der Waals surface area contributed by atoms with Crippen molar-refractivity contribution in [3.05, 3.63) is 83.9 Å². The van der Waals surface area contributed by atoms with Gasteiger partial charge in [-0.15, -0.1) is 13.2 Å². The van der Waals surface area contributed by atoms with Crippen molar-refractivity contribution in [2.75, 3.05) is 0 Å². The number of carbonyl (C=O) groups is 1. The molecule has 0 heterocycles. The van der Waals surface area contributed by atoms with E-state index in [9.17, 15) is 18.0 Å². The summed E-state index contributed by atoms with van der Waals surface area (Å²) < 4.78 is 40.3. The summed E-state index contributed by atoms with van der Waals surface area (Å²) in [6, 6.07) is 19.1. The molecule has 3 rings (SSSR count). The van der Waals surface area contributed by atoms with Crippen molar-refractivity contribution in [1.82, 2.24) is 5.32 Å². The van der Waals surface area contributed by atoms with Gasteiger partial charge in [0.05, 0.1) is 6.04 Å². The maximum atomic E-state index is 12.2. The molecule has 6 heteroatoms. The number of nitrogens with one attached hydrogen (secondary N) is 1. The van der Waals surface area contributed by atoms with E-state index < -0.39 is 6.36 Å². The standard InChI is InChI=1S/C22H18F3NO2/c1-15(18-10-9-17-4-2-3-5-19(17)14-18)26-21(27)13-8-16-6-11-20(12-7-16)28-22(23,24)25/h2-15H,1H3,(H,26,27)/t15-/m0/s1. The van der Waals surface area contributed by atoms with Crippen LogP contribution in [0.4, 0.5) is 13.2 Å². The van der Waals surface area contributed by atoms with Crippen molar-refractivity contribution >= 4 is 22.8 Å². The molecular weight excluding hydrogens is 367 g/mol. The van der Waals surface area contributed by atoms with Crippen LogP contribution in [0, 0.1) is 0 Å². The van der Waals surface area contributed by atoms with E-state index in [1.165, 1.54) is 36.4 Å². The van der Waals surface area contributed by atoms with E-state index in [0.717, 1.165) is 16.3 Å². The zero-order chi connectivity index (χ0) is 20.1. The van der Waals surface area contributed by atoms with Crippen LogP contribution in [-0.2, 0) is 4.79 Å². The first-order valence-electron chi connectivity index (χ1n) is 8.63. The van der Waals surface area contributed by atoms with Gasteiger partial charge in [-0.1, -0.05) is 48.5 Å². The molecule has 0 aliphatic heterocycles. The molecular formula is C22H18F3NO2. The lowest BCUT2D eigenvalue weighted by atomic mass is 10.0. The number of ether oxygens (including phenoxy) is 1. The summed E-state index contributed by atoms with van der Waals surface area (Å²) in [7, 11) is 0. The highest BCUT2D eigenvalue weighted by atomic mass is 19.4.